The molecule has 2 rings (SSSR count). The molecule has 2 saturated heterocycles. The molecule has 0 bridgehead atoms. The van der Waals surface area contributed by atoms with Gasteiger partial charge in [0.05, 0.1) is 11.5 Å². The van der Waals surface area contributed by atoms with Gasteiger partial charge in [-0.3, -0.25) is 0 Å². The molecular formula is C8H16ClNO2S. The molecule has 0 radical (unpaired) electrons. The molecule has 2 fully saturated rings. The second-order valence-electron chi connectivity index (χ2n) is 4.12. The Kier molecular flexibility index (Phi) is 3.25. The van der Waals surface area contributed by atoms with Crippen molar-refractivity contribution in [3.63, 3.8) is 0 Å². The van der Waals surface area contributed by atoms with Crippen LogP contribution in [-0.2, 0) is 9.84 Å². The van der Waals surface area contributed by atoms with Crippen molar-refractivity contribution in [2.45, 2.75) is 19.3 Å². The molecule has 3 nitrogen and oxygen atoms in total. The first-order valence-corrected chi connectivity index (χ1v) is 6.35. The number of piperidine rings is 1. The number of halogens is 1. The third-order valence-electron chi connectivity index (χ3n) is 3.03. The second kappa shape index (κ2) is 3.75. The van der Waals surface area contributed by atoms with E-state index in [9.17, 15) is 8.42 Å². The van der Waals surface area contributed by atoms with Gasteiger partial charge >= 0.3 is 0 Å². The maximum atomic E-state index is 11.3. The number of rotatable bonds is 0. The van der Waals surface area contributed by atoms with Gasteiger partial charge in [-0.15, -0.1) is 12.4 Å². The Hall–Kier alpha value is 0.200. The van der Waals surface area contributed by atoms with Crippen molar-refractivity contribution in [3.05, 3.63) is 0 Å². The van der Waals surface area contributed by atoms with Crippen LogP contribution >= 0.6 is 12.4 Å². The summed E-state index contributed by atoms with van der Waals surface area (Å²) in [5.41, 5.74) is 0.108. The van der Waals surface area contributed by atoms with Crippen molar-refractivity contribution in [3.8, 4) is 0 Å². The van der Waals surface area contributed by atoms with Crippen molar-refractivity contribution in [1.29, 1.82) is 0 Å². The quantitative estimate of drug-likeness (QED) is 0.657. The van der Waals surface area contributed by atoms with E-state index in [4.69, 9.17) is 0 Å². The average Bonchev–Trinajstić information content (AvgIpc) is 2.29. The smallest absolute Gasteiger partial charge is 0.150 e. The van der Waals surface area contributed by atoms with E-state index in [0.29, 0.717) is 11.5 Å². The molecule has 0 amide bonds. The van der Waals surface area contributed by atoms with Crippen LogP contribution in [-0.4, -0.2) is 33.0 Å². The van der Waals surface area contributed by atoms with Gasteiger partial charge in [0, 0.05) is 6.54 Å². The summed E-state index contributed by atoms with van der Waals surface area (Å²) in [4.78, 5) is 0. The van der Waals surface area contributed by atoms with E-state index in [1.807, 2.05) is 0 Å². The first-order valence-electron chi connectivity index (χ1n) is 4.53. The van der Waals surface area contributed by atoms with Crippen LogP contribution in [0.25, 0.3) is 0 Å². The van der Waals surface area contributed by atoms with Crippen LogP contribution in [0.2, 0.25) is 0 Å². The van der Waals surface area contributed by atoms with Crippen molar-refractivity contribution in [2.75, 3.05) is 24.6 Å². The fraction of sp³-hybridized carbons (Fsp3) is 1.00. The van der Waals surface area contributed by atoms with Crippen molar-refractivity contribution < 1.29 is 8.42 Å². The fourth-order valence-electron chi connectivity index (χ4n) is 2.35. The zero-order valence-corrected chi connectivity index (χ0v) is 9.22. The topological polar surface area (TPSA) is 46.2 Å². The number of nitrogens with one attached hydrogen (secondary N) is 1. The van der Waals surface area contributed by atoms with Gasteiger partial charge in [-0.2, -0.15) is 0 Å². The summed E-state index contributed by atoms with van der Waals surface area (Å²) in [6, 6.07) is 0. The standard InChI is InChI=1S/C8H15NO2S.ClH/c10-12(11)5-3-8(7-12)2-1-4-9-6-8;/h9H,1-7H2;1H. The molecule has 0 aromatic carbocycles. The minimum Gasteiger partial charge on any atom is -0.316 e. The Morgan fingerprint density at radius 3 is 2.46 bits per heavy atom. The molecular weight excluding hydrogens is 210 g/mol. The molecule has 0 aromatic rings. The lowest BCUT2D eigenvalue weighted by molar-refractivity contribution is 0.244. The molecule has 1 spiro atoms. The van der Waals surface area contributed by atoms with Crippen molar-refractivity contribution in [1.82, 2.24) is 5.32 Å². The van der Waals surface area contributed by atoms with Gasteiger partial charge in [-0.25, -0.2) is 8.42 Å². The Morgan fingerprint density at radius 1 is 1.23 bits per heavy atom. The van der Waals surface area contributed by atoms with Crippen LogP contribution in [0.4, 0.5) is 0 Å². The Bertz CT molecular complexity index is 270. The maximum Gasteiger partial charge on any atom is 0.150 e. The third-order valence-corrected chi connectivity index (χ3v) is 4.91. The monoisotopic (exact) mass is 225 g/mol. The molecule has 1 N–H and O–H groups in total. The van der Waals surface area contributed by atoms with Crippen LogP contribution in [0, 0.1) is 5.41 Å². The van der Waals surface area contributed by atoms with E-state index >= 15 is 0 Å². The molecule has 2 heterocycles. The molecule has 2 aliphatic rings. The Balaban J connectivity index is 0.000000845. The lowest BCUT2D eigenvalue weighted by Gasteiger charge is -2.32. The SMILES string of the molecule is Cl.O=S1(=O)CCC2(CCCNC2)C1. The summed E-state index contributed by atoms with van der Waals surface area (Å²) in [7, 11) is -2.69. The highest BCUT2D eigenvalue weighted by atomic mass is 35.5. The van der Waals surface area contributed by atoms with Crippen LogP contribution in [0.15, 0.2) is 0 Å². The first-order chi connectivity index (χ1) is 5.62. The van der Waals surface area contributed by atoms with Gasteiger partial charge in [0.15, 0.2) is 9.84 Å². The molecule has 78 valence electrons. The summed E-state index contributed by atoms with van der Waals surface area (Å²) in [6.45, 7) is 1.97. The first kappa shape index (κ1) is 11.3. The average molecular weight is 226 g/mol. The van der Waals surface area contributed by atoms with E-state index in [1.165, 1.54) is 0 Å². The van der Waals surface area contributed by atoms with Gasteiger partial charge in [-0.05, 0) is 31.2 Å². The van der Waals surface area contributed by atoms with Crippen LogP contribution in [0.5, 0.6) is 0 Å². The number of hydrogen-bond donors (Lipinski definition) is 1. The molecule has 1 unspecified atom stereocenters. The molecule has 0 saturated carbocycles. The van der Waals surface area contributed by atoms with Crippen LogP contribution < -0.4 is 5.32 Å². The lowest BCUT2D eigenvalue weighted by Crippen LogP contribution is -2.40. The minimum absolute atomic E-state index is 0. The molecule has 1 atom stereocenters. The zero-order valence-electron chi connectivity index (χ0n) is 7.58. The molecule has 0 aromatic heterocycles. The van der Waals surface area contributed by atoms with Gasteiger partial charge in [0.25, 0.3) is 0 Å². The van der Waals surface area contributed by atoms with Crippen molar-refractivity contribution >= 4 is 22.2 Å². The normalized spacial score (nSPS) is 37.2. The van der Waals surface area contributed by atoms with E-state index in [0.717, 1.165) is 32.4 Å². The summed E-state index contributed by atoms with van der Waals surface area (Å²) in [6.07, 6.45) is 3.11. The van der Waals surface area contributed by atoms with Gasteiger partial charge in [-0.1, -0.05) is 0 Å². The molecule has 0 aliphatic carbocycles. The summed E-state index contributed by atoms with van der Waals surface area (Å²) < 4.78 is 22.6. The second-order valence-corrected chi connectivity index (χ2v) is 6.31. The number of hydrogen-bond acceptors (Lipinski definition) is 3. The Labute approximate surface area is 85.6 Å². The fourth-order valence-corrected chi connectivity index (χ4v) is 4.56. The van der Waals surface area contributed by atoms with Crippen LogP contribution in [0.3, 0.4) is 0 Å². The predicted octanol–water partition coefficient (Wildman–Crippen LogP) is 0.597. The largest absolute Gasteiger partial charge is 0.316 e. The van der Waals surface area contributed by atoms with Crippen LogP contribution in [0.1, 0.15) is 19.3 Å². The van der Waals surface area contributed by atoms with E-state index in [1.54, 1.807) is 0 Å². The maximum absolute atomic E-state index is 11.3. The molecule has 5 heteroatoms. The van der Waals surface area contributed by atoms with Gasteiger partial charge in [0.2, 0.25) is 0 Å². The molecule has 2 aliphatic heterocycles. The van der Waals surface area contributed by atoms with E-state index < -0.39 is 9.84 Å². The molecule has 13 heavy (non-hydrogen) atoms. The third kappa shape index (κ3) is 2.36. The highest BCUT2D eigenvalue weighted by Crippen LogP contribution is 2.37. The van der Waals surface area contributed by atoms with Gasteiger partial charge < -0.3 is 5.32 Å². The van der Waals surface area contributed by atoms with E-state index in [-0.39, 0.29) is 17.8 Å². The van der Waals surface area contributed by atoms with Crippen molar-refractivity contribution in [2.24, 2.45) is 5.41 Å². The van der Waals surface area contributed by atoms with E-state index in [2.05, 4.69) is 5.32 Å². The summed E-state index contributed by atoms with van der Waals surface area (Å²) in [5, 5.41) is 3.29. The zero-order chi connectivity index (χ0) is 8.66. The summed E-state index contributed by atoms with van der Waals surface area (Å²) >= 11 is 0. The Morgan fingerprint density at radius 2 is 2.00 bits per heavy atom. The highest BCUT2D eigenvalue weighted by molar-refractivity contribution is 7.91. The predicted molar refractivity (Wildman–Crippen MR) is 55.1 cm³/mol. The summed E-state index contributed by atoms with van der Waals surface area (Å²) in [5.74, 6) is 0.835. The lowest BCUT2D eigenvalue weighted by atomic mass is 9.80. The number of sulfone groups is 1. The van der Waals surface area contributed by atoms with Gasteiger partial charge in [0.1, 0.15) is 0 Å². The minimum atomic E-state index is -2.69. The highest BCUT2D eigenvalue weighted by Gasteiger charge is 2.42.